The van der Waals surface area contributed by atoms with Crippen molar-refractivity contribution in [3.8, 4) is 5.75 Å². The van der Waals surface area contributed by atoms with Gasteiger partial charge < -0.3 is 14.6 Å². The standard InChI is InChI=1S/C16H20O5/c1-12(2)16(19)21-11-5-3-4-10-20-14-8-6-13(7-9-14)15(17)18/h6-9H,1,3-5,10-11H2,2H3,(H,17,18). The summed E-state index contributed by atoms with van der Waals surface area (Å²) in [5.41, 5.74) is 0.643. The third-order valence-electron chi connectivity index (χ3n) is 2.74. The van der Waals surface area contributed by atoms with Gasteiger partial charge in [0, 0.05) is 5.57 Å². The van der Waals surface area contributed by atoms with E-state index in [1.165, 1.54) is 12.1 Å². The van der Waals surface area contributed by atoms with Gasteiger partial charge in [-0.3, -0.25) is 0 Å². The molecule has 1 rings (SSSR count). The number of ether oxygens (including phenoxy) is 2. The normalized spacial score (nSPS) is 9.95. The van der Waals surface area contributed by atoms with Crippen LogP contribution in [0.2, 0.25) is 0 Å². The van der Waals surface area contributed by atoms with E-state index in [0.717, 1.165) is 19.3 Å². The molecule has 0 amide bonds. The Hall–Kier alpha value is -2.30. The lowest BCUT2D eigenvalue weighted by Crippen LogP contribution is -2.06. The summed E-state index contributed by atoms with van der Waals surface area (Å²) < 4.78 is 10.5. The minimum Gasteiger partial charge on any atom is -0.494 e. The molecular weight excluding hydrogens is 272 g/mol. The van der Waals surface area contributed by atoms with Crippen LogP contribution in [-0.2, 0) is 9.53 Å². The molecule has 0 aliphatic rings. The highest BCUT2D eigenvalue weighted by Crippen LogP contribution is 2.12. The van der Waals surface area contributed by atoms with Gasteiger partial charge in [-0.1, -0.05) is 6.58 Å². The molecule has 21 heavy (non-hydrogen) atoms. The number of carboxylic acids is 1. The Bertz CT molecular complexity index is 490. The van der Waals surface area contributed by atoms with Crippen molar-refractivity contribution in [2.45, 2.75) is 26.2 Å². The highest BCUT2D eigenvalue weighted by molar-refractivity contribution is 5.87. The van der Waals surface area contributed by atoms with E-state index in [9.17, 15) is 9.59 Å². The van der Waals surface area contributed by atoms with Crippen LogP contribution < -0.4 is 4.74 Å². The van der Waals surface area contributed by atoms with Gasteiger partial charge in [0.25, 0.3) is 0 Å². The van der Waals surface area contributed by atoms with Crippen molar-refractivity contribution >= 4 is 11.9 Å². The van der Waals surface area contributed by atoms with Crippen LogP contribution in [0.25, 0.3) is 0 Å². The molecule has 0 aliphatic heterocycles. The van der Waals surface area contributed by atoms with Gasteiger partial charge in [0.2, 0.25) is 0 Å². The molecular formula is C16H20O5. The van der Waals surface area contributed by atoms with Crippen molar-refractivity contribution in [3.63, 3.8) is 0 Å². The predicted octanol–water partition coefficient (Wildman–Crippen LogP) is 3.05. The maximum absolute atomic E-state index is 11.1. The monoisotopic (exact) mass is 292 g/mol. The molecule has 0 heterocycles. The number of carbonyl (C=O) groups is 2. The summed E-state index contributed by atoms with van der Waals surface area (Å²) in [5, 5.41) is 8.76. The van der Waals surface area contributed by atoms with E-state index in [0.29, 0.717) is 24.5 Å². The number of rotatable bonds is 9. The first kappa shape index (κ1) is 16.8. The number of unbranched alkanes of at least 4 members (excludes halogenated alkanes) is 2. The Kier molecular flexibility index (Phi) is 7.01. The molecule has 1 aromatic carbocycles. The molecule has 114 valence electrons. The number of hydrogen-bond acceptors (Lipinski definition) is 4. The average Bonchev–Trinajstić information content (AvgIpc) is 2.46. The van der Waals surface area contributed by atoms with Crippen LogP contribution in [0.3, 0.4) is 0 Å². The zero-order valence-corrected chi connectivity index (χ0v) is 12.1. The zero-order chi connectivity index (χ0) is 15.7. The summed E-state index contributed by atoms with van der Waals surface area (Å²) in [4.78, 5) is 21.8. The summed E-state index contributed by atoms with van der Waals surface area (Å²) in [6.45, 7) is 6.05. The molecule has 1 N–H and O–H groups in total. The molecule has 0 saturated heterocycles. The summed E-state index contributed by atoms with van der Waals surface area (Å²) >= 11 is 0. The van der Waals surface area contributed by atoms with E-state index >= 15 is 0 Å². The lowest BCUT2D eigenvalue weighted by Gasteiger charge is -2.07. The molecule has 0 fully saturated rings. The van der Waals surface area contributed by atoms with E-state index in [4.69, 9.17) is 14.6 Å². The van der Waals surface area contributed by atoms with Crippen LogP contribution in [0.15, 0.2) is 36.4 Å². The fraction of sp³-hybridized carbons (Fsp3) is 0.375. The second-order valence-corrected chi connectivity index (χ2v) is 4.65. The van der Waals surface area contributed by atoms with Gasteiger partial charge in [-0.25, -0.2) is 9.59 Å². The van der Waals surface area contributed by atoms with Gasteiger partial charge >= 0.3 is 11.9 Å². The summed E-state index contributed by atoms with van der Waals surface area (Å²) in [6, 6.07) is 6.29. The minimum absolute atomic E-state index is 0.238. The largest absolute Gasteiger partial charge is 0.494 e. The van der Waals surface area contributed by atoms with Crippen molar-refractivity contribution in [3.05, 3.63) is 42.0 Å². The van der Waals surface area contributed by atoms with Crippen LogP contribution >= 0.6 is 0 Å². The van der Waals surface area contributed by atoms with Crippen LogP contribution in [0.4, 0.5) is 0 Å². The first-order chi connectivity index (χ1) is 10.0. The van der Waals surface area contributed by atoms with Crippen LogP contribution in [-0.4, -0.2) is 30.3 Å². The number of carbonyl (C=O) groups excluding carboxylic acids is 1. The third-order valence-corrected chi connectivity index (χ3v) is 2.74. The molecule has 0 bridgehead atoms. The smallest absolute Gasteiger partial charge is 0.335 e. The predicted molar refractivity (Wildman–Crippen MR) is 78.5 cm³/mol. The summed E-state index contributed by atoms with van der Waals surface area (Å²) in [6.07, 6.45) is 2.50. The van der Waals surface area contributed by atoms with Crippen molar-refractivity contribution in [2.75, 3.05) is 13.2 Å². The second-order valence-electron chi connectivity index (χ2n) is 4.65. The SMILES string of the molecule is C=C(C)C(=O)OCCCCCOc1ccc(C(=O)O)cc1. The number of aromatic carboxylic acids is 1. The highest BCUT2D eigenvalue weighted by atomic mass is 16.5. The van der Waals surface area contributed by atoms with E-state index in [2.05, 4.69) is 6.58 Å². The molecule has 0 spiro atoms. The molecule has 0 atom stereocenters. The van der Waals surface area contributed by atoms with Crippen molar-refractivity contribution in [2.24, 2.45) is 0 Å². The average molecular weight is 292 g/mol. The van der Waals surface area contributed by atoms with Crippen molar-refractivity contribution in [1.82, 2.24) is 0 Å². The van der Waals surface area contributed by atoms with Gasteiger partial charge in [0.15, 0.2) is 0 Å². The van der Waals surface area contributed by atoms with Crippen LogP contribution in [0, 0.1) is 0 Å². The van der Waals surface area contributed by atoms with Gasteiger partial charge in [-0.2, -0.15) is 0 Å². The second kappa shape index (κ2) is 8.79. The molecule has 0 unspecified atom stereocenters. The Balaban J connectivity index is 2.10. The van der Waals surface area contributed by atoms with Crippen LogP contribution in [0.5, 0.6) is 5.75 Å². The number of esters is 1. The Morgan fingerprint density at radius 2 is 1.71 bits per heavy atom. The van der Waals surface area contributed by atoms with E-state index in [1.54, 1.807) is 19.1 Å². The number of carboxylic acid groups (broad SMARTS) is 1. The number of benzene rings is 1. The lowest BCUT2D eigenvalue weighted by molar-refractivity contribution is -0.139. The maximum Gasteiger partial charge on any atom is 0.335 e. The summed E-state index contributed by atoms with van der Waals surface area (Å²) in [7, 11) is 0. The van der Waals surface area contributed by atoms with Gasteiger partial charge in [0.1, 0.15) is 5.75 Å². The molecule has 0 saturated carbocycles. The highest BCUT2D eigenvalue weighted by Gasteiger charge is 2.03. The van der Waals surface area contributed by atoms with Gasteiger partial charge in [-0.15, -0.1) is 0 Å². The molecule has 5 heteroatoms. The van der Waals surface area contributed by atoms with E-state index in [1.807, 2.05) is 0 Å². The van der Waals surface area contributed by atoms with Gasteiger partial charge in [-0.05, 0) is 50.5 Å². The maximum atomic E-state index is 11.1. The van der Waals surface area contributed by atoms with Crippen molar-refractivity contribution < 1.29 is 24.2 Å². The zero-order valence-electron chi connectivity index (χ0n) is 12.1. The Morgan fingerprint density at radius 3 is 2.29 bits per heavy atom. The first-order valence-electron chi connectivity index (χ1n) is 6.79. The topological polar surface area (TPSA) is 72.8 Å². The lowest BCUT2D eigenvalue weighted by atomic mass is 10.2. The molecule has 0 aliphatic carbocycles. The fourth-order valence-corrected chi connectivity index (χ4v) is 1.55. The quantitative estimate of drug-likeness (QED) is 0.430. The molecule has 5 nitrogen and oxygen atoms in total. The third kappa shape index (κ3) is 6.61. The summed E-state index contributed by atoms with van der Waals surface area (Å²) in [5.74, 6) is -0.663. The first-order valence-corrected chi connectivity index (χ1v) is 6.79. The molecule has 0 aromatic heterocycles. The Labute approximate surface area is 124 Å². The van der Waals surface area contributed by atoms with Crippen LogP contribution in [0.1, 0.15) is 36.5 Å². The minimum atomic E-state index is -0.953. The van der Waals surface area contributed by atoms with Crippen molar-refractivity contribution in [1.29, 1.82) is 0 Å². The fourth-order valence-electron chi connectivity index (χ4n) is 1.55. The van der Waals surface area contributed by atoms with E-state index in [-0.39, 0.29) is 11.5 Å². The Morgan fingerprint density at radius 1 is 1.10 bits per heavy atom. The van der Waals surface area contributed by atoms with E-state index < -0.39 is 5.97 Å². The molecule has 1 aromatic rings. The molecule has 0 radical (unpaired) electrons. The number of hydrogen-bond donors (Lipinski definition) is 1. The van der Waals surface area contributed by atoms with Gasteiger partial charge in [0.05, 0.1) is 18.8 Å².